The number of aromatic nitrogens is 2. The molecule has 1 aliphatic rings. The van der Waals surface area contributed by atoms with Crippen LogP contribution in [0.15, 0.2) is 27.2 Å². The summed E-state index contributed by atoms with van der Waals surface area (Å²) in [4.78, 5) is 14.6. The lowest BCUT2D eigenvalue weighted by atomic mass is 9.94. The Bertz CT molecular complexity index is 653. The van der Waals surface area contributed by atoms with E-state index in [0.29, 0.717) is 18.3 Å². The van der Waals surface area contributed by atoms with Crippen molar-refractivity contribution in [2.75, 3.05) is 17.6 Å². The van der Waals surface area contributed by atoms with Crippen molar-refractivity contribution in [2.45, 2.75) is 56.0 Å². The van der Waals surface area contributed by atoms with Gasteiger partial charge in [0.2, 0.25) is 11.0 Å². The number of anilines is 1. The van der Waals surface area contributed by atoms with Crippen LogP contribution in [-0.4, -0.2) is 39.3 Å². The van der Waals surface area contributed by atoms with E-state index in [2.05, 4.69) is 22.4 Å². The van der Waals surface area contributed by atoms with Crippen LogP contribution in [0.25, 0.3) is 0 Å². The zero-order valence-electron chi connectivity index (χ0n) is 14.4. The van der Waals surface area contributed by atoms with Gasteiger partial charge in [0.1, 0.15) is 5.76 Å². The van der Waals surface area contributed by atoms with Crippen molar-refractivity contribution in [2.24, 2.45) is 0 Å². The van der Waals surface area contributed by atoms with E-state index in [1.807, 2.05) is 17.0 Å². The summed E-state index contributed by atoms with van der Waals surface area (Å²) in [5, 5.41) is 12.2. The third-order valence-electron chi connectivity index (χ3n) is 4.40. The molecule has 1 aliphatic carbocycles. The van der Waals surface area contributed by atoms with Crippen molar-refractivity contribution in [3.8, 4) is 0 Å². The predicted molar refractivity (Wildman–Crippen MR) is 101 cm³/mol. The summed E-state index contributed by atoms with van der Waals surface area (Å²) in [5.41, 5.74) is 0. The molecule has 6 nitrogen and oxygen atoms in total. The molecule has 1 saturated carbocycles. The number of carbonyl (C=O) groups excluding carboxylic acids is 1. The fourth-order valence-corrected chi connectivity index (χ4v) is 4.79. The Labute approximate surface area is 156 Å². The van der Waals surface area contributed by atoms with Gasteiger partial charge in [-0.05, 0) is 31.9 Å². The number of nitrogens with one attached hydrogen (secondary N) is 1. The van der Waals surface area contributed by atoms with Crippen LogP contribution in [0.4, 0.5) is 5.13 Å². The van der Waals surface area contributed by atoms with E-state index in [-0.39, 0.29) is 5.91 Å². The summed E-state index contributed by atoms with van der Waals surface area (Å²) in [5.74, 6) is 1.49. The zero-order chi connectivity index (χ0) is 17.5. The minimum atomic E-state index is 0.208. The third kappa shape index (κ3) is 5.22. The van der Waals surface area contributed by atoms with Gasteiger partial charge in [-0.25, -0.2) is 0 Å². The van der Waals surface area contributed by atoms with Gasteiger partial charge >= 0.3 is 0 Å². The van der Waals surface area contributed by atoms with Crippen LogP contribution < -0.4 is 5.32 Å². The van der Waals surface area contributed by atoms with E-state index < -0.39 is 0 Å². The molecule has 1 amide bonds. The molecule has 1 N–H and O–H groups in total. The highest BCUT2D eigenvalue weighted by Gasteiger charge is 2.24. The number of amides is 1. The molecule has 8 heteroatoms. The molecule has 0 aromatic carbocycles. The minimum Gasteiger partial charge on any atom is -0.467 e. The molecule has 0 radical (unpaired) electrons. The Morgan fingerprint density at radius 1 is 1.40 bits per heavy atom. The molecule has 136 valence electrons. The highest BCUT2D eigenvalue weighted by atomic mass is 32.2. The van der Waals surface area contributed by atoms with Crippen molar-refractivity contribution >= 4 is 34.1 Å². The SMILES string of the molecule is CCN(C(=O)CSc1nnc(NCc2ccco2)s1)C1CCCCC1. The second-order valence-electron chi connectivity index (χ2n) is 6.07. The average molecular weight is 381 g/mol. The highest BCUT2D eigenvalue weighted by molar-refractivity contribution is 8.01. The molecule has 25 heavy (non-hydrogen) atoms. The van der Waals surface area contributed by atoms with Crippen LogP contribution in [0.1, 0.15) is 44.8 Å². The molecule has 0 saturated heterocycles. The largest absolute Gasteiger partial charge is 0.467 e. The van der Waals surface area contributed by atoms with E-state index in [4.69, 9.17) is 4.42 Å². The van der Waals surface area contributed by atoms with Gasteiger partial charge in [0, 0.05) is 12.6 Å². The molecule has 0 spiro atoms. The summed E-state index contributed by atoms with van der Waals surface area (Å²) in [7, 11) is 0. The smallest absolute Gasteiger partial charge is 0.233 e. The van der Waals surface area contributed by atoms with E-state index in [1.165, 1.54) is 42.4 Å². The third-order valence-corrected chi connectivity index (χ3v) is 6.40. The first-order valence-corrected chi connectivity index (χ1v) is 10.6. The summed E-state index contributed by atoms with van der Waals surface area (Å²) >= 11 is 2.94. The van der Waals surface area contributed by atoms with Crippen molar-refractivity contribution in [3.63, 3.8) is 0 Å². The van der Waals surface area contributed by atoms with Crippen molar-refractivity contribution in [3.05, 3.63) is 24.2 Å². The Morgan fingerprint density at radius 2 is 2.24 bits per heavy atom. The molecule has 1 fully saturated rings. The maximum Gasteiger partial charge on any atom is 0.233 e. The summed E-state index contributed by atoms with van der Waals surface area (Å²) in [6.07, 6.45) is 7.71. The highest BCUT2D eigenvalue weighted by Crippen LogP contribution is 2.27. The van der Waals surface area contributed by atoms with Gasteiger partial charge in [-0.1, -0.05) is 42.4 Å². The topological polar surface area (TPSA) is 71.3 Å². The second-order valence-corrected chi connectivity index (χ2v) is 8.27. The number of thioether (sulfide) groups is 1. The van der Waals surface area contributed by atoms with E-state index >= 15 is 0 Å². The van der Waals surface area contributed by atoms with Crippen LogP contribution in [0.2, 0.25) is 0 Å². The van der Waals surface area contributed by atoms with Crippen molar-refractivity contribution in [1.82, 2.24) is 15.1 Å². The Hall–Kier alpha value is -1.54. The van der Waals surface area contributed by atoms with E-state index in [9.17, 15) is 4.79 Å². The number of hydrogen-bond acceptors (Lipinski definition) is 7. The zero-order valence-corrected chi connectivity index (χ0v) is 16.1. The van der Waals surface area contributed by atoms with Gasteiger partial charge in [-0.15, -0.1) is 10.2 Å². The molecule has 0 bridgehead atoms. The lowest BCUT2D eigenvalue weighted by Crippen LogP contribution is -2.42. The van der Waals surface area contributed by atoms with E-state index in [1.54, 1.807) is 6.26 Å². The molecule has 2 aromatic rings. The number of nitrogens with zero attached hydrogens (tertiary/aromatic N) is 3. The van der Waals surface area contributed by atoms with Gasteiger partial charge in [-0.3, -0.25) is 4.79 Å². The fourth-order valence-electron chi connectivity index (χ4n) is 3.15. The minimum absolute atomic E-state index is 0.208. The van der Waals surface area contributed by atoms with Crippen LogP contribution >= 0.6 is 23.1 Å². The van der Waals surface area contributed by atoms with Gasteiger partial charge in [0.05, 0.1) is 18.6 Å². The second kappa shape index (κ2) is 9.24. The maximum atomic E-state index is 12.6. The lowest BCUT2D eigenvalue weighted by molar-refractivity contribution is -0.131. The summed E-state index contributed by atoms with van der Waals surface area (Å²) < 4.78 is 6.09. The molecular weight excluding hydrogens is 356 g/mol. The van der Waals surface area contributed by atoms with Crippen LogP contribution in [0.5, 0.6) is 0 Å². The Balaban J connectivity index is 1.46. The Morgan fingerprint density at radius 3 is 2.96 bits per heavy atom. The Kier molecular flexibility index (Phi) is 6.75. The normalized spacial score (nSPS) is 15.2. The standard InChI is InChI=1S/C17H24N4O2S2/c1-2-21(13-7-4-3-5-8-13)15(22)12-24-17-20-19-16(25-17)18-11-14-9-6-10-23-14/h6,9-10,13H,2-5,7-8,11-12H2,1H3,(H,18,19). The quantitative estimate of drug-likeness (QED) is 0.698. The molecule has 2 heterocycles. The van der Waals surface area contributed by atoms with Crippen molar-refractivity contribution in [1.29, 1.82) is 0 Å². The molecule has 2 aromatic heterocycles. The number of furan rings is 1. The van der Waals surface area contributed by atoms with Gasteiger partial charge in [-0.2, -0.15) is 0 Å². The average Bonchev–Trinajstić information content (AvgIpc) is 3.31. The van der Waals surface area contributed by atoms with Gasteiger partial charge in [0.15, 0.2) is 4.34 Å². The molecule has 0 unspecified atom stereocenters. The monoisotopic (exact) mass is 380 g/mol. The number of hydrogen-bond donors (Lipinski definition) is 1. The lowest BCUT2D eigenvalue weighted by Gasteiger charge is -2.33. The molecule has 3 rings (SSSR count). The molecule has 0 aliphatic heterocycles. The summed E-state index contributed by atoms with van der Waals surface area (Å²) in [6.45, 7) is 3.44. The summed E-state index contributed by atoms with van der Waals surface area (Å²) in [6, 6.07) is 4.19. The van der Waals surface area contributed by atoms with E-state index in [0.717, 1.165) is 34.6 Å². The maximum absolute atomic E-state index is 12.6. The number of rotatable bonds is 8. The predicted octanol–water partition coefficient (Wildman–Crippen LogP) is 4.02. The number of carbonyl (C=O) groups is 1. The van der Waals surface area contributed by atoms with Gasteiger partial charge < -0.3 is 14.6 Å². The van der Waals surface area contributed by atoms with Crippen LogP contribution in [0.3, 0.4) is 0 Å². The van der Waals surface area contributed by atoms with Crippen LogP contribution in [-0.2, 0) is 11.3 Å². The first kappa shape index (κ1) is 18.3. The first-order chi connectivity index (χ1) is 12.3. The van der Waals surface area contributed by atoms with Crippen molar-refractivity contribution < 1.29 is 9.21 Å². The fraction of sp³-hybridized carbons (Fsp3) is 0.588. The first-order valence-electron chi connectivity index (χ1n) is 8.78. The van der Waals surface area contributed by atoms with Gasteiger partial charge in [0.25, 0.3) is 0 Å². The molecule has 0 atom stereocenters. The van der Waals surface area contributed by atoms with Crippen LogP contribution in [0, 0.1) is 0 Å². The molecular formula is C17H24N4O2S2.